The van der Waals surface area contributed by atoms with Crippen molar-refractivity contribution in [2.24, 2.45) is 0 Å². The molecule has 0 aliphatic rings. The highest BCUT2D eigenvalue weighted by molar-refractivity contribution is 5.71. The molecule has 0 saturated carbocycles. The predicted molar refractivity (Wildman–Crippen MR) is 302 cm³/mol. The van der Waals surface area contributed by atoms with E-state index in [2.05, 4.69) is 81.5 Å². The van der Waals surface area contributed by atoms with E-state index in [4.69, 9.17) is 14.2 Å². The molecule has 0 aliphatic carbocycles. The summed E-state index contributed by atoms with van der Waals surface area (Å²) in [6.07, 6.45) is 74.2. The molecule has 1 unspecified atom stereocenters. The van der Waals surface area contributed by atoms with Crippen LogP contribution in [0, 0.1) is 0 Å². The molecule has 0 aliphatic heterocycles. The molecule has 406 valence electrons. The molecule has 0 aromatic carbocycles. The topological polar surface area (TPSA) is 78.9 Å². The maximum Gasteiger partial charge on any atom is 0.306 e. The van der Waals surface area contributed by atoms with Gasteiger partial charge in [-0.05, 0) is 83.5 Å². The quantitative estimate of drug-likeness (QED) is 0.0261. The van der Waals surface area contributed by atoms with E-state index < -0.39 is 6.10 Å². The van der Waals surface area contributed by atoms with E-state index in [1.165, 1.54) is 180 Å². The van der Waals surface area contributed by atoms with E-state index in [9.17, 15) is 14.4 Å². The van der Waals surface area contributed by atoms with Crippen LogP contribution in [0.2, 0.25) is 0 Å². The van der Waals surface area contributed by atoms with E-state index in [0.717, 1.165) is 89.9 Å². The number of rotatable bonds is 55. The molecule has 0 fully saturated rings. The van der Waals surface area contributed by atoms with Crippen LogP contribution in [-0.4, -0.2) is 37.2 Å². The Labute approximate surface area is 434 Å². The lowest BCUT2D eigenvalue weighted by atomic mass is 10.0. The first-order valence-corrected chi connectivity index (χ1v) is 30.3. The first kappa shape index (κ1) is 67.1. The third-order valence-corrected chi connectivity index (χ3v) is 13.3. The molecule has 0 amide bonds. The fourth-order valence-corrected chi connectivity index (χ4v) is 8.72. The summed E-state index contributed by atoms with van der Waals surface area (Å²) in [5.41, 5.74) is 0. The third-order valence-electron chi connectivity index (χ3n) is 13.3. The molecule has 0 spiro atoms. The lowest BCUT2D eigenvalue weighted by molar-refractivity contribution is -0.167. The second-order valence-corrected chi connectivity index (χ2v) is 20.2. The van der Waals surface area contributed by atoms with Crippen LogP contribution in [0.25, 0.3) is 0 Å². The van der Waals surface area contributed by atoms with E-state index in [0.29, 0.717) is 19.3 Å². The van der Waals surface area contributed by atoms with Crippen molar-refractivity contribution < 1.29 is 28.6 Å². The maximum atomic E-state index is 12.8. The number of unbranched alkanes of at least 4 members (excludes halogenated alkanes) is 34. The van der Waals surface area contributed by atoms with E-state index in [-0.39, 0.29) is 31.1 Å². The molecule has 1 atom stereocenters. The van der Waals surface area contributed by atoms with Crippen molar-refractivity contribution in [1.82, 2.24) is 0 Å². The van der Waals surface area contributed by atoms with Crippen LogP contribution in [0.15, 0.2) is 60.8 Å². The Kier molecular flexibility index (Phi) is 56.3. The monoisotopic (exact) mass is 979 g/mol. The first-order valence-electron chi connectivity index (χ1n) is 30.3. The minimum absolute atomic E-state index is 0.0730. The Hall–Kier alpha value is -2.89. The molecule has 0 aromatic heterocycles. The molecular weight excluding hydrogens is 865 g/mol. The fraction of sp³-hybridized carbons (Fsp3) is 0.797. The molecule has 0 bridgehead atoms. The minimum atomic E-state index is -0.770. The third kappa shape index (κ3) is 56.0. The van der Waals surface area contributed by atoms with Crippen LogP contribution >= 0.6 is 0 Å². The Bertz CT molecular complexity index is 1260. The largest absolute Gasteiger partial charge is 0.462 e. The van der Waals surface area contributed by atoms with E-state index >= 15 is 0 Å². The Morgan fingerprint density at radius 2 is 0.557 bits per heavy atom. The van der Waals surface area contributed by atoms with E-state index in [1.54, 1.807) is 0 Å². The number of carbonyl (C=O) groups excluding carboxylic acids is 3. The average Bonchev–Trinajstić information content (AvgIpc) is 3.36. The van der Waals surface area contributed by atoms with Gasteiger partial charge >= 0.3 is 17.9 Å². The van der Waals surface area contributed by atoms with Crippen LogP contribution < -0.4 is 0 Å². The fourth-order valence-electron chi connectivity index (χ4n) is 8.72. The highest BCUT2D eigenvalue weighted by atomic mass is 16.6. The standard InChI is InChI=1S/C64H114O6/c1-4-7-10-13-15-17-19-21-23-25-27-28-29-30-31-32-33-34-35-36-37-39-40-42-44-46-48-51-54-57-63(66)69-60-61(59-68-62(65)56-53-50-12-9-6-3)70-64(67)58-55-52-49-47-45-43-41-38-26-24-22-20-18-16-14-11-8-5-2/h7,10,15,17,21,23-24,26-28,61H,4-6,8-9,11-14,16,18-20,22,25,29-60H2,1-3H3/b10-7-,17-15-,23-21-,26-24-,28-27-. The zero-order valence-corrected chi connectivity index (χ0v) is 46.5. The Morgan fingerprint density at radius 1 is 0.300 bits per heavy atom. The SMILES string of the molecule is CC/C=C\C/C=C\C/C=C\C/C=C\CCCCCCCCCCCCCCCCCCC(=O)OCC(COC(=O)CCCCCCC)OC(=O)CCCCCCCCC/C=C\CCCCCCCCC. The van der Waals surface area contributed by atoms with Gasteiger partial charge in [0.1, 0.15) is 13.2 Å². The number of hydrogen-bond donors (Lipinski definition) is 0. The van der Waals surface area contributed by atoms with Gasteiger partial charge in [0.05, 0.1) is 0 Å². The molecule has 0 rings (SSSR count). The summed E-state index contributed by atoms with van der Waals surface area (Å²) in [6, 6.07) is 0. The summed E-state index contributed by atoms with van der Waals surface area (Å²) >= 11 is 0. The van der Waals surface area contributed by atoms with Gasteiger partial charge in [-0.3, -0.25) is 14.4 Å². The van der Waals surface area contributed by atoms with Gasteiger partial charge < -0.3 is 14.2 Å². The molecule has 0 radical (unpaired) electrons. The zero-order chi connectivity index (χ0) is 50.7. The minimum Gasteiger partial charge on any atom is -0.462 e. The van der Waals surface area contributed by atoms with Crippen LogP contribution in [-0.2, 0) is 28.6 Å². The molecule has 0 N–H and O–H groups in total. The van der Waals surface area contributed by atoms with Crippen LogP contribution in [0.4, 0.5) is 0 Å². The van der Waals surface area contributed by atoms with Crippen molar-refractivity contribution in [3.05, 3.63) is 60.8 Å². The second-order valence-electron chi connectivity index (χ2n) is 20.2. The summed E-state index contributed by atoms with van der Waals surface area (Å²) in [4.78, 5) is 37.8. The van der Waals surface area contributed by atoms with Gasteiger partial charge in [-0.1, -0.05) is 268 Å². The van der Waals surface area contributed by atoms with Crippen molar-refractivity contribution in [2.45, 2.75) is 316 Å². The summed E-state index contributed by atoms with van der Waals surface area (Å²) in [7, 11) is 0. The Morgan fingerprint density at radius 3 is 0.886 bits per heavy atom. The summed E-state index contributed by atoms with van der Waals surface area (Å²) in [6.45, 7) is 6.47. The maximum absolute atomic E-state index is 12.8. The van der Waals surface area contributed by atoms with Crippen molar-refractivity contribution in [3.63, 3.8) is 0 Å². The van der Waals surface area contributed by atoms with Crippen LogP contribution in [0.3, 0.4) is 0 Å². The smallest absolute Gasteiger partial charge is 0.306 e. The van der Waals surface area contributed by atoms with Crippen molar-refractivity contribution in [1.29, 1.82) is 0 Å². The van der Waals surface area contributed by atoms with Crippen LogP contribution in [0.1, 0.15) is 310 Å². The molecule has 0 aromatic rings. The van der Waals surface area contributed by atoms with Gasteiger partial charge in [-0.15, -0.1) is 0 Å². The van der Waals surface area contributed by atoms with E-state index in [1.807, 2.05) is 0 Å². The molecule has 0 saturated heterocycles. The molecule has 6 nitrogen and oxygen atoms in total. The highest BCUT2D eigenvalue weighted by Gasteiger charge is 2.19. The van der Waals surface area contributed by atoms with Crippen molar-refractivity contribution in [2.75, 3.05) is 13.2 Å². The van der Waals surface area contributed by atoms with Gasteiger partial charge in [0.2, 0.25) is 0 Å². The highest BCUT2D eigenvalue weighted by Crippen LogP contribution is 2.17. The van der Waals surface area contributed by atoms with Gasteiger partial charge in [-0.25, -0.2) is 0 Å². The molecule has 70 heavy (non-hydrogen) atoms. The summed E-state index contributed by atoms with van der Waals surface area (Å²) in [5.74, 6) is -0.879. The van der Waals surface area contributed by atoms with Gasteiger partial charge in [0.25, 0.3) is 0 Å². The van der Waals surface area contributed by atoms with Crippen LogP contribution in [0.5, 0.6) is 0 Å². The van der Waals surface area contributed by atoms with Gasteiger partial charge in [-0.2, -0.15) is 0 Å². The summed E-state index contributed by atoms with van der Waals surface area (Å²) < 4.78 is 16.7. The number of carbonyl (C=O) groups is 3. The van der Waals surface area contributed by atoms with Gasteiger partial charge in [0.15, 0.2) is 6.10 Å². The summed E-state index contributed by atoms with van der Waals surface area (Å²) in [5, 5.41) is 0. The Balaban J connectivity index is 4.00. The zero-order valence-electron chi connectivity index (χ0n) is 46.5. The number of hydrogen-bond acceptors (Lipinski definition) is 6. The van der Waals surface area contributed by atoms with Crippen molar-refractivity contribution in [3.8, 4) is 0 Å². The average molecular weight is 980 g/mol. The number of allylic oxidation sites excluding steroid dienone is 10. The van der Waals surface area contributed by atoms with Crippen molar-refractivity contribution >= 4 is 17.9 Å². The lowest BCUT2D eigenvalue weighted by Crippen LogP contribution is -2.30. The lowest BCUT2D eigenvalue weighted by Gasteiger charge is -2.18. The first-order chi connectivity index (χ1) is 34.5. The molecule has 6 heteroatoms. The molecular formula is C64H114O6. The number of ether oxygens (including phenoxy) is 3. The second kappa shape index (κ2) is 58.7. The predicted octanol–water partition coefficient (Wildman–Crippen LogP) is 20.4. The number of esters is 3. The normalized spacial score (nSPS) is 12.4. The molecule has 0 heterocycles. The van der Waals surface area contributed by atoms with Gasteiger partial charge in [0, 0.05) is 19.3 Å².